The highest BCUT2D eigenvalue weighted by Crippen LogP contribution is 2.30. The van der Waals surface area contributed by atoms with Gasteiger partial charge < -0.3 is 0 Å². The van der Waals surface area contributed by atoms with Gasteiger partial charge in [-0.2, -0.15) is 0 Å². The van der Waals surface area contributed by atoms with Crippen LogP contribution in [-0.4, -0.2) is 24.0 Å². The van der Waals surface area contributed by atoms with E-state index in [2.05, 4.69) is 18.7 Å². The zero-order chi connectivity index (χ0) is 7.78. The highest BCUT2D eigenvalue weighted by atomic mass is 19.1. The molecule has 1 heterocycles. The van der Waals surface area contributed by atoms with Crippen LogP contribution in [0.3, 0.4) is 0 Å². The van der Waals surface area contributed by atoms with Crippen LogP contribution in [0.1, 0.15) is 20.3 Å². The van der Waals surface area contributed by atoms with Gasteiger partial charge in [0, 0.05) is 12.1 Å². The lowest BCUT2D eigenvalue weighted by atomic mass is 10.0. The second kappa shape index (κ2) is 2.35. The van der Waals surface area contributed by atoms with E-state index in [0.717, 1.165) is 24.9 Å². The molecular weight excluding hydrogens is 129 g/mol. The molecule has 0 amide bonds. The van der Waals surface area contributed by atoms with Gasteiger partial charge in [-0.1, -0.05) is 0 Å². The van der Waals surface area contributed by atoms with Crippen molar-refractivity contribution in [2.75, 3.05) is 13.6 Å². The van der Waals surface area contributed by atoms with Gasteiger partial charge in [0.2, 0.25) is 0 Å². The summed E-state index contributed by atoms with van der Waals surface area (Å²) in [5, 5.41) is 0. The van der Waals surface area contributed by atoms with Gasteiger partial charge in [-0.05, 0) is 32.9 Å². The van der Waals surface area contributed by atoms with Gasteiger partial charge in [-0.3, -0.25) is 4.90 Å². The molecule has 1 fully saturated rings. The quantitative estimate of drug-likeness (QED) is 0.501. The summed E-state index contributed by atoms with van der Waals surface area (Å²) in [6.45, 7) is 5.04. The lowest BCUT2D eigenvalue weighted by Gasteiger charge is -2.26. The molecule has 1 aliphatic heterocycles. The summed E-state index contributed by atoms with van der Waals surface area (Å²) in [6, 6.07) is 0. The maximum atomic E-state index is 12.0. The molecule has 0 radical (unpaired) electrons. The number of rotatable bonds is 0. The monoisotopic (exact) mass is 143 g/mol. The highest BCUT2D eigenvalue weighted by Gasteiger charge is 2.31. The van der Waals surface area contributed by atoms with Gasteiger partial charge in [-0.15, -0.1) is 0 Å². The normalized spacial score (nSPS) is 29.8. The van der Waals surface area contributed by atoms with Crippen LogP contribution in [0.5, 0.6) is 0 Å². The largest absolute Gasteiger partial charge is 0.297 e. The third kappa shape index (κ3) is 1.21. The SMILES string of the molecule is CN1C/C(=C\F)CC1(C)C. The zero-order valence-electron chi connectivity index (χ0n) is 6.82. The van der Waals surface area contributed by atoms with E-state index in [1.807, 2.05) is 7.05 Å². The Kier molecular flexibility index (Phi) is 1.82. The molecule has 0 N–H and O–H groups in total. The maximum Gasteiger partial charge on any atom is 0.0872 e. The van der Waals surface area contributed by atoms with Crippen molar-refractivity contribution in [3.8, 4) is 0 Å². The van der Waals surface area contributed by atoms with Crippen molar-refractivity contribution in [2.45, 2.75) is 25.8 Å². The third-order valence-electron chi connectivity index (χ3n) is 2.29. The molecule has 10 heavy (non-hydrogen) atoms. The first-order valence-electron chi connectivity index (χ1n) is 3.55. The van der Waals surface area contributed by atoms with Crippen molar-refractivity contribution >= 4 is 0 Å². The second-order valence-corrected chi connectivity index (χ2v) is 3.61. The molecule has 0 spiro atoms. The number of likely N-dealkylation sites (N-methyl/N-ethyl adjacent to an activating group) is 1. The molecule has 1 nitrogen and oxygen atoms in total. The molecule has 2 heteroatoms. The summed E-state index contributed by atoms with van der Waals surface area (Å²) in [6.07, 6.45) is 1.60. The average molecular weight is 143 g/mol. The summed E-state index contributed by atoms with van der Waals surface area (Å²) < 4.78 is 12.0. The molecule has 1 saturated heterocycles. The van der Waals surface area contributed by atoms with E-state index in [1.165, 1.54) is 0 Å². The van der Waals surface area contributed by atoms with E-state index in [4.69, 9.17) is 0 Å². The topological polar surface area (TPSA) is 3.24 Å². The standard InChI is InChI=1S/C8H14FN/c1-8(2)4-7(5-9)6-10(8)3/h5H,4,6H2,1-3H3/b7-5-. The van der Waals surface area contributed by atoms with Crippen LogP contribution in [-0.2, 0) is 0 Å². The lowest BCUT2D eigenvalue weighted by Crippen LogP contribution is -2.34. The van der Waals surface area contributed by atoms with E-state index in [9.17, 15) is 4.39 Å². The predicted octanol–water partition coefficient (Wildman–Crippen LogP) is 1.95. The van der Waals surface area contributed by atoms with Crippen molar-refractivity contribution < 1.29 is 4.39 Å². The minimum Gasteiger partial charge on any atom is -0.297 e. The molecule has 0 aromatic heterocycles. The first-order valence-corrected chi connectivity index (χ1v) is 3.55. The Balaban J connectivity index is 2.71. The molecule has 1 aliphatic rings. The zero-order valence-corrected chi connectivity index (χ0v) is 6.82. The smallest absolute Gasteiger partial charge is 0.0872 e. The molecule has 0 unspecified atom stereocenters. The fourth-order valence-corrected chi connectivity index (χ4v) is 1.34. The Morgan fingerprint density at radius 2 is 2.20 bits per heavy atom. The van der Waals surface area contributed by atoms with E-state index in [-0.39, 0.29) is 5.54 Å². The molecule has 0 saturated carbocycles. The summed E-state index contributed by atoms with van der Waals surface area (Å²) in [5.41, 5.74) is 1.06. The van der Waals surface area contributed by atoms with Gasteiger partial charge in [0.25, 0.3) is 0 Å². The highest BCUT2D eigenvalue weighted by molar-refractivity contribution is 5.13. The third-order valence-corrected chi connectivity index (χ3v) is 2.29. The molecule has 1 rings (SSSR count). The van der Waals surface area contributed by atoms with Crippen molar-refractivity contribution in [3.05, 3.63) is 11.9 Å². The summed E-state index contributed by atoms with van der Waals surface area (Å²) >= 11 is 0. The Bertz CT molecular complexity index is 161. The van der Waals surface area contributed by atoms with Crippen LogP contribution >= 0.6 is 0 Å². The minimum absolute atomic E-state index is 0.151. The fraction of sp³-hybridized carbons (Fsp3) is 0.750. The van der Waals surface area contributed by atoms with E-state index >= 15 is 0 Å². The number of halogens is 1. The summed E-state index contributed by atoms with van der Waals surface area (Å²) in [5.74, 6) is 0. The van der Waals surface area contributed by atoms with Crippen LogP contribution < -0.4 is 0 Å². The fourth-order valence-electron chi connectivity index (χ4n) is 1.34. The van der Waals surface area contributed by atoms with Gasteiger partial charge in [0.15, 0.2) is 0 Å². The number of hydrogen-bond acceptors (Lipinski definition) is 1. The Morgan fingerprint density at radius 3 is 2.40 bits per heavy atom. The van der Waals surface area contributed by atoms with Crippen LogP contribution in [0.2, 0.25) is 0 Å². The summed E-state index contributed by atoms with van der Waals surface area (Å²) in [7, 11) is 2.02. The molecule has 0 aromatic rings. The molecule has 0 aliphatic carbocycles. The van der Waals surface area contributed by atoms with Gasteiger partial charge in [0.05, 0.1) is 6.33 Å². The Labute approximate surface area is 61.5 Å². The van der Waals surface area contributed by atoms with Gasteiger partial charge in [-0.25, -0.2) is 4.39 Å². The van der Waals surface area contributed by atoms with Crippen molar-refractivity contribution in [1.29, 1.82) is 0 Å². The molecular formula is C8H14FN. The number of nitrogens with zero attached hydrogens (tertiary/aromatic N) is 1. The summed E-state index contributed by atoms with van der Waals surface area (Å²) in [4.78, 5) is 2.17. The van der Waals surface area contributed by atoms with Crippen LogP contribution in [0.4, 0.5) is 4.39 Å². The molecule has 58 valence electrons. The molecule has 0 atom stereocenters. The Morgan fingerprint density at radius 1 is 1.60 bits per heavy atom. The number of hydrogen-bond donors (Lipinski definition) is 0. The molecule has 0 bridgehead atoms. The van der Waals surface area contributed by atoms with Gasteiger partial charge in [0.1, 0.15) is 0 Å². The first-order chi connectivity index (χ1) is 4.56. The van der Waals surface area contributed by atoms with E-state index < -0.39 is 0 Å². The lowest BCUT2D eigenvalue weighted by molar-refractivity contribution is 0.219. The van der Waals surface area contributed by atoms with Crippen LogP contribution in [0, 0.1) is 0 Å². The van der Waals surface area contributed by atoms with Crippen LogP contribution in [0.25, 0.3) is 0 Å². The van der Waals surface area contributed by atoms with Gasteiger partial charge >= 0.3 is 0 Å². The first kappa shape index (κ1) is 7.73. The van der Waals surface area contributed by atoms with Crippen molar-refractivity contribution in [1.82, 2.24) is 4.90 Å². The van der Waals surface area contributed by atoms with Crippen LogP contribution in [0.15, 0.2) is 11.9 Å². The second-order valence-electron chi connectivity index (χ2n) is 3.61. The predicted molar refractivity (Wildman–Crippen MR) is 40.5 cm³/mol. The van der Waals surface area contributed by atoms with Crippen molar-refractivity contribution in [3.63, 3.8) is 0 Å². The minimum atomic E-state index is 0.151. The van der Waals surface area contributed by atoms with Crippen molar-refractivity contribution in [2.24, 2.45) is 0 Å². The maximum absolute atomic E-state index is 12.0. The molecule has 0 aromatic carbocycles. The average Bonchev–Trinajstić information content (AvgIpc) is 2.08. The Hall–Kier alpha value is -0.370. The van der Waals surface area contributed by atoms with E-state index in [1.54, 1.807) is 0 Å². The number of likely N-dealkylation sites (tertiary alicyclic amines) is 1. The van der Waals surface area contributed by atoms with E-state index in [0.29, 0.717) is 0 Å².